The zero-order chi connectivity index (χ0) is 15.2. The standard InChI is InChI=1S/C15H17ClN4O/c1-11-9-12(2)20(19-11)8-7-15(21)18-17-10-13-3-5-14(16)6-4-13/h3-6,9-10H,7-8H2,1-2H3,(H,18,21). The SMILES string of the molecule is Cc1cc(C)n(CCC(=O)NN=Cc2ccc(Cl)cc2)n1. The first-order valence-electron chi connectivity index (χ1n) is 6.63. The number of nitrogens with zero attached hydrogens (tertiary/aromatic N) is 3. The molecule has 2 aromatic rings. The average molecular weight is 305 g/mol. The molecule has 0 spiro atoms. The molecule has 0 unspecified atom stereocenters. The summed E-state index contributed by atoms with van der Waals surface area (Å²) in [6, 6.07) is 9.18. The maximum atomic E-state index is 11.7. The Morgan fingerprint density at radius 3 is 2.71 bits per heavy atom. The van der Waals surface area contributed by atoms with Crippen molar-refractivity contribution in [3.8, 4) is 0 Å². The predicted molar refractivity (Wildman–Crippen MR) is 83.5 cm³/mol. The minimum atomic E-state index is -0.146. The summed E-state index contributed by atoms with van der Waals surface area (Å²) in [4.78, 5) is 11.7. The Labute approximate surface area is 128 Å². The summed E-state index contributed by atoms with van der Waals surface area (Å²) in [5.41, 5.74) is 5.37. The summed E-state index contributed by atoms with van der Waals surface area (Å²) < 4.78 is 1.82. The summed E-state index contributed by atoms with van der Waals surface area (Å²) >= 11 is 5.79. The first-order valence-corrected chi connectivity index (χ1v) is 7.01. The van der Waals surface area contributed by atoms with E-state index in [9.17, 15) is 4.79 Å². The van der Waals surface area contributed by atoms with Crippen LogP contribution in [0.3, 0.4) is 0 Å². The molecule has 0 aliphatic heterocycles. The molecule has 0 fully saturated rings. The van der Waals surface area contributed by atoms with Crippen molar-refractivity contribution in [2.75, 3.05) is 0 Å². The smallest absolute Gasteiger partial charge is 0.241 e. The van der Waals surface area contributed by atoms with Crippen molar-refractivity contribution in [2.24, 2.45) is 5.10 Å². The van der Waals surface area contributed by atoms with Crippen LogP contribution >= 0.6 is 11.6 Å². The van der Waals surface area contributed by atoms with Crippen molar-refractivity contribution in [3.63, 3.8) is 0 Å². The van der Waals surface area contributed by atoms with Crippen molar-refractivity contribution in [2.45, 2.75) is 26.8 Å². The van der Waals surface area contributed by atoms with E-state index in [0.717, 1.165) is 17.0 Å². The number of nitrogens with one attached hydrogen (secondary N) is 1. The van der Waals surface area contributed by atoms with Gasteiger partial charge in [-0.3, -0.25) is 9.48 Å². The van der Waals surface area contributed by atoms with E-state index in [1.807, 2.05) is 36.7 Å². The molecule has 1 N–H and O–H groups in total. The first-order chi connectivity index (χ1) is 10.0. The lowest BCUT2D eigenvalue weighted by molar-refractivity contribution is -0.121. The molecule has 0 bridgehead atoms. The normalized spacial score (nSPS) is 11.0. The van der Waals surface area contributed by atoms with Gasteiger partial charge in [-0.1, -0.05) is 23.7 Å². The van der Waals surface area contributed by atoms with Gasteiger partial charge < -0.3 is 0 Å². The van der Waals surface area contributed by atoms with E-state index >= 15 is 0 Å². The van der Waals surface area contributed by atoms with Crippen LogP contribution in [0.2, 0.25) is 5.02 Å². The number of aryl methyl sites for hydroxylation is 3. The number of halogens is 1. The number of hydrogen-bond donors (Lipinski definition) is 1. The molecule has 0 saturated heterocycles. The monoisotopic (exact) mass is 304 g/mol. The summed E-state index contributed by atoms with van der Waals surface area (Å²) in [5.74, 6) is -0.146. The lowest BCUT2D eigenvalue weighted by atomic mass is 10.2. The lowest BCUT2D eigenvalue weighted by Crippen LogP contribution is -2.20. The Bertz CT molecular complexity index is 646. The van der Waals surface area contributed by atoms with Gasteiger partial charge in [0.05, 0.1) is 18.5 Å². The van der Waals surface area contributed by atoms with Gasteiger partial charge in [0.15, 0.2) is 0 Å². The molecule has 0 atom stereocenters. The van der Waals surface area contributed by atoms with Crippen LogP contribution in [0.25, 0.3) is 0 Å². The second-order valence-electron chi connectivity index (χ2n) is 4.74. The van der Waals surface area contributed by atoms with Crippen molar-refractivity contribution >= 4 is 23.7 Å². The van der Waals surface area contributed by atoms with Gasteiger partial charge in [0.25, 0.3) is 0 Å². The van der Waals surface area contributed by atoms with Gasteiger partial charge in [0.2, 0.25) is 5.91 Å². The highest BCUT2D eigenvalue weighted by Gasteiger charge is 2.04. The molecular weight excluding hydrogens is 288 g/mol. The summed E-state index contributed by atoms with van der Waals surface area (Å²) in [7, 11) is 0. The van der Waals surface area contributed by atoms with E-state index in [0.29, 0.717) is 18.0 Å². The number of aromatic nitrogens is 2. The van der Waals surface area contributed by atoms with Gasteiger partial charge in [0, 0.05) is 17.1 Å². The largest absolute Gasteiger partial charge is 0.273 e. The molecule has 2 rings (SSSR count). The quantitative estimate of drug-likeness (QED) is 0.682. The predicted octanol–water partition coefficient (Wildman–Crippen LogP) is 2.69. The van der Waals surface area contributed by atoms with Gasteiger partial charge in [-0.2, -0.15) is 10.2 Å². The first kappa shape index (κ1) is 15.3. The van der Waals surface area contributed by atoms with E-state index < -0.39 is 0 Å². The minimum absolute atomic E-state index is 0.146. The molecule has 0 aliphatic carbocycles. The zero-order valence-electron chi connectivity index (χ0n) is 12.0. The molecule has 0 radical (unpaired) electrons. The van der Waals surface area contributed by atoms with Crippen LogP contribution in [-0.4, -0.2) is 21.9 Å². The summed E-state index contributed by atoms with van der Waals surface area (Å²) in [6.07, 6.45) is 1.91. The van der Waals surface area contributed by atoms with E-state index in [-0.39, 0.29) is 5.91 Å². The highest BCUT2D eigenvalue weighted by molar-refractivity contribution is 6.30. The fraction of sp³-hybridized carbons (Fsp3) is 0.267. The molecule has 1 amide bonds. The van der Waals surface area contributed by atoms with E-state index in [2.05, 4.69) is 15.6 Å². The number of carbonyl (C=O) groups is 1. The fourth-order valence-electron chi connectivity index (χ4n) is 1.89. The second kappa shape index (κ2) is 7.04. The molecule has 6 heteroatoms. The molecule has 1 aromatic carbocycles. The summed E-state index contributed by atoms with van der Waals surface area (Å²) in [6.45, 7) is 4.44. The van der Waals surface area contributed by atoms with Gasteiger partial charge >= 0.3 is 0 Å². The highest BCUT2D eigenvalue weighted by Crippen LogP contribution is 2.07. The van der Waals surface area contributed by atoms with Crippen molar-refractivity contribution in [1.29, 1.82) is 0 Å². The molecule has 21 heavy (non-hydrogen) atoms. The Morgan fingerprint density at radius 2 is 2.10 bits per heavy atom. The average Bonchev–Trinajstić information content (AvgIpc) is 2.77. The maximum Gasteiger partial charge on any atom is 0.241 e. The molecule has 1 heterocycles. The Hall–Kier alpha value is -2.14. The van der Waals surface area contributed by atoms with E-state index in [4.69, 9.17) is 11.6 Å². The number of hydrazone groups is 1. The lowest BCUT2D eigenvalue weighted by Gasteiger charge is -2.03. The third-order valence-electron chi connectivity index (χ3n) is 2.93. The van der Waals surface area contributed by atoms with Crippen LogP contribution in [0, 0.1) is 13.8 Å². The minimum Gasteiger partial charge on any atom is -0.273 e. The fourth-order valence-corrected chi connectivity index (χ4v) is 2.02. The van der Waals surface area contributed by atoms with Crippen LogP contribution in [0.15, 0.2) is 35.4 Å². The third-order valence-corrected chi connectivity index (χ3v) is 3.18. The van der Waals surface area contributed by atoms with Crippen LogP contribution < -0.4 is 5.43 Å². The number of amides is 1. The van der Waals surface area contributed by atoms with E-state index in [1.54, 1.807) is 18.3 Å². The van der Waals surface area contributed by atoms with Gasteiger partial charge in [-0.05, 0) is 37.6 Å². The third kappa shape index (κ3) is 4.72. The highest BCUT2D eigenvalue weighted by atomic mass is 35.5. The van der Waals surface area contributed by atoms with Crippen LogP contribution in [-0.2, 0) is 11.3 Å². The Kier molecular flexibility index (Phi) is 5.11. The Morgan fingerprint density at radius 1 is 1.38 bits per heavy atom. The molecule has 5 nitrogen and oxygen atoms in total. The molecular formula is C15H17ClN4O. The van der Waals surface area contributed by atoms with Gasteiger partial charge in [-0.25, -0.2) is 5.43 Å². The molecule has 110 valence electrons. The Balaban J connectivity index is 1.79. The van der Waals surface area contributed by atoms with E-state index in [1.165, 1.54) is 0 Å². The van der Waals surface area contributed by atoms with Crippen molar-refractivity contribution < 1.29 is 4.79 Å². The van der Waals surface area contributed by atoms with Gasteiger partial charge in [-0.15, -0.1) is 0 Å². The number of carbonyl (C=O) groups excluding carboxylic acids is 1. The summed E-state index contributed by atoms with van der Waals surface area (Å²) in [5, 5.41) is 8.89. The van der Waals surface area contributed by atoms with Crippen LogP contribution in [0.4, 0.5) is 0 Å². The molecule has 0 aliphatic rings. The zero-order valence-corrected chi connectivity index (χ0v) is 12.8. The topological polar surface area (TPSA) is 59.3 Å². The van der Waals surface area contributed by atoms with Crippen LogP contribution in [0.5, 0.6) is 0 Å². The van der Waals surface area contributed by atoms with Crippen LogP contribution in [0.1, 0.15) is 23.4 Å². The second-order valence-corrected chi connectivity index (χ2v) is 5.18. The molecule has 1 aromatic heterocycles. The van der Waals surface area contributed by atoms with Gasteiger partial charge in [0.1, 0.15) is 0 Å². The van der Waals surface area contributed by atoms with Crippen molar-refractivity contribution in [1.82, 2.24) is 15.2 Å². The number of hydrogen-bond acceptors (Lipinski definition) is 3. The molecule has 0 saturated carbocycles. The number of rotatable bonds is 5. The number of benzene rings is 1. The van der Waals surface area contributed by atoms with Crippen molar-refractivity contribution in [3.05, 3.63) is 52.3 Å². The maximum absolute atomic E-state index is 11.7.